The summed E-state index contributed by atoms with van der Waals surface area (Å²) >= 11 is 0. The first kappa shape index (κ1) is 13.5. The van der Waals surface area contributed by atoms with Crippen LogP contribution < -0.4 is 5.32 Å². The molecular weight excluding hydrogens is 244 g/mol. The monoisotopic (exact) mass is 262 g/mol. The summed E-state index contributed by atoms with van der Waals surface area (Å²) in [5.41, 5.74) is 1.01. The van der Waals surface area contributed by atoms with E-state index < -0.39 is 17.8 Å². The SMILES string of the molecule is Cc1ccc(NC(=O)[C@@H]2CCCC[C@@H]2C(=O)O)nc1. The van der Waals surface area contributed by atoms with Crippen LogP contribution in [0.2, 0.25) is 0 Å². The Balaban J connectivity index is 2.05. The van der Waals surface area contributed by atoms with Crippen molar-refractivity contribution in [2.24, 2.45) is 11.8 Å². The number of carbonyl (C=O) groups excluding carboxylic acids is 1. The molecule has 1 aromatic rings. The van der Waals surface area contributed by atoms with Gasteiger partial charge in [-0.3, -0.25) is 9.59 Å². The molecule has 0 spiro atoms. The first-order chi connectivity index (χ1) is 9.08. The Kier molecular flexibility index (Phi) is 4.14. The first-order valence-electron chi connectivity index (χ1n) is 6.54. The van der Waals surface area contributed by atoms with Gasteiger partial charge in [0, 0.05) is 6.20 Å². The number of hydrogen-bond acceptors (Lipinski definition) is 3. The molecule has 1 aliphatic rings. The van der Waals surface area contributed by atoms with E-state index in [2.05, 4.69) is 10.3 Å². The van der Waals surface area contributed by atoms with Gasteiger partial charge >= 0.3 is 5.97 Å². The predicted molar refractivity (Wildman–Crippen MR) is 70.7 cm³/mol. The van der Waals surface area contributed by atoms with E-state index in [1.807, 2.05) is 13.0 Å². The molecule has 0 unspecified atom stereocenters. The third-order valence-electron chi connectivity index (χ3n) is 3.58. The number of aryl methyl sites for hydroxylation is 1. The van der Waals surface area contributed by atoms with Crippen LogP contribution in [0.1, 0.15) is 31.2 Å². The second-order valence-electron chi connectivity index (χ2n) is 5.05. The van der Waals surface area contributed by atoms with Crippen LogP contribution in [0.4, 0.5) is 5.82 Å². The number of carboxylic acids is 1. The lowest BCUT2D eigenvalue weighted by Crippen LogP contribution is -2.36. The fourth-order valence-electron chi connectivity index (χ4n) is 2.50. The fraction of sp³-hybridized carbons (Fsp3) is 0.500. The Bertz CT molecular complexity index is 470. The van der Waals surface area contributed by atoms with Gasteiger partial charge in [0.2, 0.25) is 5.91 Å². The molecule has 0 aromatic carbocycles. The van der Waals surface area contributed by atoms with Gasteiger partial charge < -0.3 is 10.4 Å². The molecule has 0 aliphatic heterocycles. The number of carboxylic acid groups (broad SMARTS) is 1. The molecule has 1 amide bonds. The third kappa shape index (κ3) is 3.30. The van der Waals surface area contributed by atoms with Gasteiger partial charge in [-0.05, 0) is 31.4 Å². The van der Waals surface area contributed by atoms with Crippen molar-refractivity contribution in [2.75, 3.05) is 5.32 Å². The largest absolute Gasteiger partial charge is 0.481 e. The van der Waals surface area contributed by atoms with E-state index in [0.29, 0.717) is 18.7 Å². The predicted octanol–water partition coefficient (Wildman–Crippen LogP) is 2.22. The minimum Gasteiger partial charge on any atom is -0.481 e. The maximum Gasteiger partial charge on any atom is 0.307 e. The molecule has 1 fully saturated rings. The van der Waals surface area contributed by atoms with Crippen molar-refractivity contribution in [1.82, 2.24) is 4.98 Å². The Morgan fingerprint density at radius 2 is 1.95 bits per heavy atom. The lowest BCUT2D eigenvalue weighted by atomic mass is 9.79. The van der Waals surface area contributed by atoms with E-state index in [0.717, 1.165) is 18.4 Å². The second kappa shape index (κ2) is 5.82. The highest BCUT2D eigenvalue weighted by molar-refractivity contribution is 5.94. The second-order valence-corrected chi connectivity index (χ2v) is 5.05. The van der Waals surface area contributed by atoms with Crippen LogP contribution in [0.3, 0.4) is 0 Å². The molecule has 1 saturated carbocycles. The summed E-state index contributed by atoms with van der Waals surface area (Å²) in [7, 11) is 0. The molecule has 102 valence electrons. The number of amides is 1. The number of aromatic nitrogens is 1. The van der Waals surface area contributed by atoms with Crippen molar-refractivity contribution in [2.45, 2.75) is 32.6 Å². The van der Waals surface area contributed by atoms with E-state index in [-0.39, 0.29) is 5.91 Å². The van der Waals surface area contributed by atoms with E-state index >= 15 is 0 Å². The molecule has 1 aromatic heterocycles. The maximum atomic E-state index is 12.2. The van der Waals surface area contributed by atoms with Crippen LogP contribution in [0.15, 0.2) is 18.3 Å². The number of rotatable bonds is 3. The number of aliphatic carboxylic acids is 1. The smallest absolute Gasteiger partial charge is 0.307 e. The fourth-order valence-corrected chi connectivity index (χ4v) is 2.50. The van der Waals surface area contributed by atoms with E-state index in [4.69, 9.17) is 5.11 Å². The minimum absolute atomic E-state index is 0.233. The number of nitrogens with zero attached hydrogens (tertiary/aromatic N) is 1. The van der Waals surface area contributed by atoms with Gasteiger partial charge in [0.25, 0.3) is 0 Å². The van der Waals surface area contributed by atoms with Crippen molar-refractivity contribution in [1.29, 1.82) is 0 Å². The van der Waals surface area contributed by atoms with Gasteiger partial charge in [0.05, 0.1) is 11.8 Å². The molecule has 2 N–H and O–H groups in total. The van der Waals surface area contributed by atoms with E-state index in [1.165, 1.54) is 0 Å². The third-order valence-corrected chi connectivity index (χ3v) is 3.58. The highest BCUT2D eigenvalue weighted by atomic mass is 16.4. The molecule has 2 rings (SSSR count). The summed E-state index contributed by atoms with van der Waals surface area (Å²) in [5.74, 6) is -1.65. The molecule has 0 saturated heterocycles. The van der Waals surface area contributed by atoms with Gasteiger partial charge in [-0.15, -0.1) is 0 Å². The zero-order valence-corrected chi connectivity index (χ0v) is 10.9. The van der Waals surface area contributed by atoms with Crippen LogP contribution in [0.25, 0.3) is 0 Å². The van der Waals surface area contributed by atoms with Gasteiger partial charge in [-0.2, -0.15) is 0 Å². The summed E-state index contributed by atoms with van der Waals surface area (Å²) in [6.45, 7) is 1.92. The molecule has 1 aliphatic carbocycles. The first-order valence-corrected chi connectivity index (χ1v) is 6.54. The molecule has 0 radical (unpaired) electrons. The Labute approximate surface area is 112 Å². The van der Waals surface area contributed by atoms with Crippen molar-refractivity contribution in [3.05, 3.63) is 23.9 Å². The Hall–Kier alpha value is -1.91. The Morgan fingerprint density at radius 3 is 2.53 bits per heavy atom. The summed E-state index contributed by atoms with van der Waals surface area (Å²) in [6.07, 6.45) is 4.67. The highest BCUT2D eigenvalue weighted by Gasteiger charge is 2.35. The van der Waals surface area contributed by atoms with Crippen LogP contribution in [0, 0.1) is 18.8 Å². The van der Waals surface area contributed by atoms with Gasteiger partial charge in [-0.25, -0.2) is 4.98 Å². The van der Waals surface area contributed by atoms with E-state index in [9.17, 15) is 9.59 Å². The van der Waals surface area contributed by atoms with Crippen LogP contribution in [-0.2, 0) is 9.59 Å². The summed E-state index contributed by atoms with van der Waals surface area (Å²) in [5, 5.41) is 11.9. The number of carbonyl (C=O) groups is 2. The number of nitrogens with one attached hydrogen (secondary N) is 1. The molecule has 0 bridgehead atoms. The molecule has 5 heteroatoms. The van der Waals surface area contributed by atoms with Gasteiger partial charge in [0.15, 0.2) is 0 Å². The van der Waals surface area contributed by atoms with Crippen LogP contribution >= 0.6 is 0 Å². The van der Waals surface area contributed by atoms with Crippen molar-refractivity contribution < 1.29 is 14.7 Å². The average Bonchev–Trinajstić information content (AvgIpc) is 2.41. The summed E-state index contributed by atoms with van der Waals surface area (Å²) < 4.78 is 0. The quantitative estimate of drug-likeness (QED) is 0.875. The maximum absolute atomic E-state index is 12.2. The molecular formula is C14H18N2O3. The number of pyridine rings is 1. The molecule has 5 nitrogen and oxygen atoms in total. The number of anilines is 1. The molecule has 2 atom stereocenters. The topological polar surface area (TPSA) is 79.3 Å². The zero-order valence-electron chi connectivity index (χ0n) is 10.9. The Morgan fingerprint density at radius 1 is 1.26 bits per heavy atom. The van der Waals surface area contributed by atoms with Gasteiger partial charge in [-0.1, -0.05) is 18.9 Å². The van der Waals surface area contributed by atoms with Crippen LogP contribution in [-0.4, -0.2) is 22.0 Å². The lowest BCUT2D eigenvalue weighted by Gasteiger charge is -2.27. The standard InChI is InChI=1S/C14H18N2O3/c1-9-6-7-12(15-8-9)16-13(17)10-4-2-3-5-11(10)14(18)19/h6-8,10-11H,2-5H2,1H3,(H,18,19)(H,15,16,17)/t10-,11+/m1/s1. The summed E-state index contributed by atoms with van der Waals surface area (Å²) in [4.78, 5) is 27.4. The molecule has 19 heavy (non-hydrogen) atoms. The van der Waals surface area contributed by atoms with E-state index in [1.54, 1.807) is 12.3 Å². The number of hydrogen-bond donors (Lipinski definition) is 2. The molecule has 1 heterocycles. The normalized spacial score (nSPS) is 22.8. The van der Waals surface area contributed by atoms with Crippen molar-refractivity contribution in [3.8, 4) is 0 Å². The van der Waals surface area contributed by atoms with Gasteiger partial charge in [0.1, 0.15) is 5.82 Å². The average molecular weight is 262 g/mol. The van der Waals surface area contributed by atoms with Crippen molar-refractivity contribution in [3.63, 3.8) is 0 Å². The van der Waals surface area contributed by atoms with Crippen molar-refractivity contribution >= 4 is 17.7 Å². The zero-order chi connectivity index (χ0) is 13.8. The van der Waals surface area contributed by atoms with Crippen LogP contribution in [0.5, 0.6) is 0 Å². The lowest BCUT2D eigenvalue weighted by molar-refractivity contribution is -0.147. The minimum atomic E-state index is -0.878. The summed E-state index contributed by atoms with van der Waals surface area (Å²) in [6, 6.07) is 3.59. The highest BCUT2D eigenvalue weighted by Crippen LogP contribution is 2.31.